The van der Waals surface area contributed by atoms with Gasteiger partial charge in [-0.1, -0.05) is 6.92 Å². The molecule has 5 nitrogen and oxygen atoms in total. The van der Waals surface area contributed by atoms with Crippen molar-refractivity contribution in [2.24, 2.45) is 5.92 Å². The van der Waals surface area contributed by atoms with E-state index in [1.54, 1.807) is 17.2 Å². The van der Waals surface area contributed by atoms with Crippen molar-refractivity contribution in [3.63, 3.8) is 0 Å². The highest BCUT2D eigenvalue weighted by Gasteiger charge is 2.34. The molecule has 2 atom stereocenters. The minimum atomic E-state index is -0.0832. The van der Waals surface area contributed by atoms with Gasteiger partial charge in [0.25, 0.3) is 5.91 Å². The van der Waals surface area contributed by atoms with Crippen LogP contribution >= 0.6 is 0 Å². The van der Waals surface area contributed by atoms with E-state index < -0.39 is 0 Å². The van der Waals surface area contributed by atoms with Crippen LogP contribution in [0.25, 0.3) is 0 Å². The molecule has 2 heterocycles. The number of carbonyl (C=O) groups is 1. The molecular formula is C11H17N3O2. The monoisotopic (exact) mass is 223 g/mol. The van der Waals surface area contributed by atoms with Crippen LogP contribution in [0.3, 0.4) is 0 Å². The molecule has 0 aliphatic carbocycles. The third kappa shape index (κ3) is 1.78. The second kappa shape index (κ2) is 4.17. The summed E-state index contributed by atoms with van der Waals surface area (Å²) in [6.07, 6.45) is 2.54. The Bertz CT molecular complexity index is 388. The number of amides is 1. The molecule has 1 aliphatic rings. The molecule has 1 saturated heterocycles. The maximum atomic E-state index is 12.1. The number of carbonyl (C=O) groups excluding carboxylic acids is 1. The van der Waals surface area contributed by atoms with Crippen LogP contribution in [0.2, 0.25) is 0 Å². The van der Waals surface area contributed by atoms with Crippen molar-refractivity contribution in [2.75, 3.05) is 18.9 Å². The fourth-order valence-corrected chi connectivity index (χ4v) is 2.23. The van der Waals surface area contributed by atoms with Gasteiger partial charge in [-0.15, -0.1) is 0 Å². The van der Waals surface area contributed by atoms with E-state index in [1.165, 1.54) is 0 Å². The molecule has 4 N–H and O–H groups in total. The lowest BCUT2D eigenvalue weighted by atomic mass is 10.0. The van der Waals surface area contributed by atoms with Crippen molar-refractivity contribution in [3.05, 3.63) is 18.0 Å². The molecule has 16 heavy (non-hydrogen) atoms. The summed E-state index contributed by atoms with van der Waals surface area (Å²) >= 11 is 0. The molecule has 5 heteroatoms. The molecule has 1 aromatic heterocycles. The number of nitrogens with two attached hydrogens (primary N) is 1. The van der Waals surface area contributed by atoms with E-state index in [4.69, 9.17) is 5.73 Å². The van der Waals surface area contributed by atoms with E-state index in [-0.39, 0.29) is 18.6 Å². The van der Waals surface area contributed by atoms with E-state index in [0.717, 1.165) is 6.42 Å². The summed E-state index contributed by atoms with van der Waals surface area (Å²) in [4.78, 5) is 16.7. The van der Waals surface area contributed by atoms with E-state index in [1.807, 2.05) is 0 Å². The summed E-state index contributed by atoms with van der Waals surface area (Å²) < 4.78 is 0. The van der Waals surface area contributed by atoms with Crippen LogP contribution < -0.4 is 5.73 Å². The lowest BCUT2D eigenvalue weighted by Gasteiger charge is -2.24. The first-order chi connectivity index (χ1) is 7.63. The molecule has 0 saturated carbocycles. The first-order valence-electron chi connectivity index (χ1n) is 5.49. The molecule has 1 aliphatic heterocycles. The lowest BCUT2D eigenvalue weighted by Crippen LogP contribution is -2.39. The largest absolute Gasteiger partial charge is 0.397 e. The average molecular weight is 223 g/mol. The number of hydrogen-bond acceptors (Lipinski definition) is 3. The molecule has 0 spiro atoms. The van der Waals surface area contributed by atoms with Crippen molar-refractivity contribution in [1.82, 2.24) is 9.88 Å². The van der Waals surface area contributed by atoms with Gasteiger partial charge in [-0.25, -0.2) is 0 Å². The van der Waals surface area contributed by atoms with Crippen molar-refractivity contribution < 1.29 is 9.90 Å². The Kier molecular flexibility index (Phi) is 2.87. The Labute approximate surface area is 94.2 Å². The normalized spacial score (nSPS) is 25.0. The minimum absolute atomic E-state index is 0.0170. The molecule has 0 aromatic carbocycles. The van der Waals surface area contributed by atoms with Crippen LogP contribution in [0, 0.1) is 5.92 Å². The van der Waals surface area contributed by atoms with Gasteiger partial charge in [0.1, 0.15) is 5.69 Å². The summed E-state index contributed by atoms with van der Waals surface area (Å²) in [6, 6.07) is 1.55. The van der Waals surface area contributed by atoms with Gasteiger partial charge in [0, 0.05) is 18.4 Å². The number of H-pyrrole nitrogens is 1. The van der Waals surface area contributed by atoms with Gasteiger partial charge in [0.15, 0.2) is 0 Å². The zero-order valence-corrected chi connectivity index (χ0v) is 9.31. The fraction of sp³-hybridized carbons (Fsp3) is 0.545. The molecule has 88 valence electrons. The number of aromatic nitrogens is 1. The van der Waals surface area contributed by atoms with Crippen molar-refractivity contribution in [1.29, 1.82) is 0 Å². The Hall–Kier alpha value is -1.49. The third-order valence-corrected chi connectivity index (χ3v) is 3.27. The predicted molar refractivity (Wildman–Crippen MR) is 60.9 cm³/mol. The van der Waals surface area contributed by atoms with Crippen molar-refractivity contribution in [2.45, 2.75) is 19.4 Å². The Morgan fingerprint density at radius 2 is 2.50 bits per heavy atom. The Balaban J connectivity index is 2.16. The van der Waals surface area contributed by atoms with Crippen LogP contribution in [0.4, 0.5) is 5.69 Å². The Morgan fingerprint density at radius 3 is 3.06 bits per heavy atom. The number of nitrogens with zero attached hydrogens (tertiary/aromatic N) is 1. The van der Waals surface area contributed by atoms with Crippen molar-refractivity contribution >= 4 is 11.6 Å². The second-order valence-electron chi connectivity index (χ2n) is 4.36. The highest BCUT2D eigenvalue weighted by atomic mass is 16.3. The SMILES string of the molecule is CC1CCN(C(=O)c2cc(N)c[nH]2)C1CO. The van der Waals surface area contributed by atoms with Gasteiger partial charge in [-0.05, 0) is 18.4 Å². The molecule has 2 unspecified atom stereocenters. The molecule has 0 bridgehead atoms. The van der Waals surface area contributed by atoms with Gasteiger partial charge < -0.3 is 20.7 Å². The first-order valence-corrected chi connectivity index (χ1v) is 5.49. The highest BCUT2D eigenvalue weighted by Crippen LogP contribution is 2.25. The van der Waals surface area contributed by atoms with E-state index in [0.29, 0.717) is 23.8 Å². The maximum Gasteiger partial charge on any atom is 0.270 e. The number of likely N-dealkylation sites (tertiary alicyclic amines) is 1. The molecule has 0 radical (unpaired) electrons. The van der Waals surface area contributed by atoms with Gasteiger partial charge in [-0.3, -0.25) is 4.79 Å². The number of aliphatic hydroxyl groups is 1. The number of aromatic amines is 1. The summed E-state index contributed by atoms with van der Waals surface area (Å²) in [5.74, 6) is 0.265. The van der Waals surface area contributed by atoms with Crippen LogP contribution in [-0.4, -0.2) is 40.1 Å². The van der Waals surface area contributed by atoms with Gasteiger partial charge in [-0.2, -0.15) is 0 Å². The van der Waals surface area contributed by atoms with E-state index >= 15 is 0 Å². The van der Waals surface area contributed by atoms with E-state index in [9.17, 15) is 9.90 Å². The average Bonchev–Trinajstić information content (AvgIpc) is 2.83. The summed E-state index contributed by atoms with van der Waals surface area (Å²) in [5, 5.41) is 9.28. The molecule has 1 aromatic rings. The molecule has 1 amide bonds. The summed E-state index contributed by atoms with van der Waals surface area (Å²) in [5.41, 5.74) is 6.60. The number of hydrogen-bond donors (Lipinski definition) is 3. The van der Waals surface area contributed by atoms with E-state index in [2.05, 4.69) is 11.9 Å². The topological polar surface area (TPSA) is 82.3 Å². The first kappa shape index (κ1) is 11.0. The predicted octanol–water partition coefficient (Wildman–Crippen LogP) is 0.440. The number of aliphatic hydroxyl groups excluding tert-OH is 1. The lowest BCUT2D eigenvalue weighted by molar-refractivity contribution is 0.0643. The van der Waals surface area contributed by atoms with Gasteiger partial charge in [0.2, 0.25) is 0 Å². The van der Waals surface area contributed by atoms with Crippen LogP contribution in [0.15, 0.2) is 12.3 Å². The maximum absolute atomic E-state index is 12.1. The summed E-state index contributed by atoms with van der Waals surface area (Å²) in [7, 11) is 0. The number of anilines is 1. The number of nitrogens with one attached hydrogen (secondary N) is 1. The fourth-order valence-electron chi connectivity index (χ4n) is 2.23. The van der Waals surface area contributed by atoms with Gasteiger partial charge >= 0.3 is 0 Å². The second-order valence-corrected chi connectivity index (χ2v) is 4.36. The van der Waals surface area contributed by atoms with Crippen molar-refractivity contribution in [3.8, 4) is 0 Å². The summed E-state index contributed by atoms with van der Waals surface area (Å²) in [6.45, 7) is 2.77. The minimum Gasteiger partial charge on any atom is -0.397 e. The zero-order chi connectivity index (χ0) is 11.7. The van der Waals surface area contributed by atoms with Crippen LogP contribution in [0.1, 0.15) is 23.8 Å². The third-order valence-electron chi connectivity index (χ3n) is 3.27. The molecular weight excluding hydrogens is 206 g/mol. The zero-order valence-electron chi connectivity index (χ0n) is 9.31. The number of rotatable bonds is 2. The van der Waals surface area contributed by atoms with Gasteiger partial charge in [0.05, 0.1) is 12.6 Å². The highest BCUT2D eigenvalue weighted by molar-refractivity contribution is 5.93. The molecule has 1 fully saturated rings. The smallest absolute Gasteiger partial charge is 0.270 e. The quantitative estimate of drug-likeness (QED) is 0.680. The van der Waals surface area contributed by atoms with Crippen LogP contribution in [-0.2, 0) is 0 Å². The Morgan fingerprint density at radius 1 is 1.75 bits per heavy atom. The molecule has 2 rings (SSSR count). The van der Waals surface area contributed by atoms with Crippen LogP contribution in [0.5, 0.6) is 0 Å². The standard InChI is InChI=1S/C11H17N3O2/c1-7-2-3-14(10(7)6-15)11(16)9-4-8(12)5-13-9/h4-5,7,10,13,15H,2-3,6,12H2,1H3. The number of nitrogen functional groups attached to an aromatic ring is 1.